The molecule has 0 saturated heterocycles. The van der Waals surface area contributed by atoms with Gasteiger partial charge in [0.25, 0.3) is 0 Å². The standard InChI is InChI=1S/C10H18O3/c1-10(13-2,9(11)12)8-6-4-3-5-7-8/h8H,3-7H2,1-2H3,(H,11,12)/t10-/m1/s1. The molecule has 0 aromatic rings. The van der Waals surface area contributed by atoms with Crippen molar-refractivity contribution in [2.24, 2.45) is 5.92 Å². The van der Waals surface area contributed by atoms with E-state index in [-0.39, 0.29) is 5.92 Å². The number of hydrogen-bond acceptors (Lipinski definition) is 2. The average molecular weight is 186 g/mol. The Morgan fingerprint density at radius 2 is 1.92 bits per heavy atom. The monoisotopic (exact) mass is 186 g/mol. The lowest BCUT2D eigenvalue weighted by molar-refractivity contribution is -0.168. The zero-order chi connectivity index (χ0) is 9.90. The van der Waals surface area contributed by atoms with Crippen molar-refractivity contribution in [2.45, 2.75) is 44.6 Å². The summed E-state index contributed by atoms with van der Waals surface area (Å²) < 4.78 is 5.14. The van der Waals surface area contributed by atoms with E-state index in [1.54, 1.807) is 6.92 Å². The second-order valence-electron chi connectivity index (χ2n) is 3.95. The number of ether oxygens (including phenoxy) is 1. The van der Waals surface area contributed by atoms with Crippen LogP contribution in [0.25, 0.3) is 0 Å². The van der Waals surface area contributed by atoms with Crippen molar-refractivity contribution in [1.29, 1.82) is 0 Å². The van der Waals surface area contributed by atoms with Gasteiger partial charge in [0, 0.05) is 7.11 Å². The minimum absolute atomic E-state index is 0.184. The summed E-state index contributed by atoms with van der Waals surface area (Å²) in [5.74, 6) is -0.648. The highest BCUT2D eigenvalue weighted by Crippen LogP contribution is 2.34. The lowest BCUT2D eigenvalue weighted by Gasteiger charge is -2.35. The fourth-order valence-corrected chi connectivity index (χ4v) is 2.08. The molecule has 1 rings (SSSR count). The highest BCUT2D eigenvalue weighted by atomic mass is 16.5. The molecule has 0 aromatic heterocycles. The van der Waals surface area contributed by atoms with Gasteiger partial charge in [-0.3, -0.25) is 0 Å². The van der Waals surface area contributed by atoms with E-state index in [0.29, 0.717) is 0 Å². The Hall–Kier alpha value is -0.570. The molecule has 0 bridgehead atoms. The van der Waals surface area contributed by atoms with Crippen molar-refractivity contribution >= 4 is 5.97 Å². The second-order valence-corrected chi connectivity index (χ2v) is 3.95. The van der Waals surface area contributed by atoms with E-state index in [0.717, 1.165) is 25.7 Å². The normalized spacial score (nSPS) is 23.8. The zero-order valence-corrected chi connectivity index (χ0v) is 8.38. The smallest absolute Gasteiger partial charge is 0.335 e. The summed E-state index contributed by atoms with van der Waals surface area (Å²) >= 11 is 0. The predicted molar refractivity (Wildman–Crippen MR) is 49.6 cm³/mol. The highest BCUT2D eigenvalue weighted by Gasteiger charge is 2.41. The van der Waals surface area contributed by atoms with Gasteiger partial charge < -0.3 is 9.84 Å². The van der Waals surface area contributed by atoms with Gasteiger partial charge in [-0.25, -0.2) is 4.79 Å². The van der Waals surface area contributed by atoms with Gasteiger partial charge in [0.2, 0.25) is 0 Å². The lowest BCUT2D eigenvalue weighted by Crippen LogP contribution is -2.45. The Morgan fingerprint density at radius 1 is 1.38 bits per heavy atom. The molecule has 0 aliphatic heterocycles. The zero-order valence-electron chi connectivity index (χ0n) is 8.38. The first-order valence-electron chi connectivity index (χ1n) is 4.90. The van der Waals surface area contributed by atoms with E-state index in [1.807, 2.05) is 0 Å². The summed E-state index contributed by atoms with van der Waals surface area (Å²) in [4.78, 5) is 11.0. The van der Waals surface area contributed by atoms with Crippen LogP contribution in [-0.4, -0.2) is 23.8 Å². The molecule has 0 amide bonds. The largest absolute Gasteiger partial charge is 0.479 e. The summed E-state index contributed by atoms with van der Waals surface area (Å²) in [5, 5.41) is 9.06. The van der Waals surface area contributed by atoms with E-state index >= 15 is 0 Å². The van der Waals surface area contributed by atoms with Crippen molar-refractivity contribution < 1.29 is 14.6 Å². The maximum absolute atomic E-state index is 11.0. The van der Waals surface area contributed by atoms with Crippen molar-refractivity contribution in [3.05, 3.63) is 0 Å². The fraction of sp³-hybridized carbons (Fsp3) is 0.900. The molecule has 1 saturated carbocycles. The molecule has 0 heterocycles. The number of rotatable bonds is 3. The van der Waals surface area contributed by atoms with Crippen LogP contribution >= 0.6 is 0 Å². The van der Waals surface area contributed by atoms with Gasteiger partial charge in [-0.2, -0.15) is 0 Å². The van der Waals surface area contributed by atoms with Crippen molar-refractivity contribution in [3.8, 4) is 0 Å². The molecule has 13 heavy (non-hydrogen) atoms. The summed E-state index contributed by atoms with van der Waals surface area (Å²) in [6, 6.07) is 0. The number of carboxylic acids is 1. The number of carboxylic acid groups (broad SMARTS) is 1. The quantitative estimate of drug-likeness (QED) is 0.733. The van der Waals surface area contributed by atoms with Crippen LogP contribution in [0.3, 0.4) is 0 Å². The van der Waals surface area contributed by atoms with Crippen LogP contribution in [0.15, 0.2) is 0 Å². The van der Waals surface area contributed by atoms with Crippen LogP contribution in [0, 0.1) is 5.92 Å². The Morgan fingerprint density at radius 3 is 2.31 bits per heavy atom. The van der Waals surface area contributed by atoms with Gasteiger partial charge >= 0.3 is 5.97 Å². The topological polar surface area (TPSA) is 46.5 Å². The Balaban J connectivity index is 2.68. The molecule has 76 valence electrons. The van der Waals surface area contributed by atoms with Crippen LogP contribution in [-0.2, 0) is 9.53 Å². The maximum Gasteiger partial charge on any atom is 0.335 e. The summed E-state index contributed by atoms with van der Waals surface area (Å²) in [6.45, 7) is 1.69. The Bertz CT molecular complexity index is 185. The van der Waals surface area contributed by atoms with Gasteiger partial charge in [0.05, 0.1) is 0 Å². The third-order valence-electron chi connectivity index (χ3n) is 3.23. The van der Waals surface area contributed by atoms with Crippen molar-refractivity contribution in [2.75, 3.05) is 7.11 Å². The minimum Gasteiger partial charge on any atom is -0.479 e. The molecule has 1 fully saturated rings. The van der Waals surface area contributed by atoms with Crippen LogP contribution in [0.2, 0.25) is 0 Å². The third-order valence-corrected chi connectivity index (χ3v) is 3.23. The molecule has 3 nitrogen and oxygen atoms in total. The van der Waals surface area contributed by atoms with Gasteiger partial charge in [-0.1, -0.05) is 19.3 Å². The second kappa shape index (κ2) is 4.09. The van der Waals surface area contributed by atoms with E-state index < -0.39 is 11.6 Å². The molecule has 0 unspecified atom stereocenters. The molecule has 1 aliphatic carbocycles. The first-order chi connectivity index (χ1) is 6.11. The number of aliphatic carboxylic acids is 1. The molecule has 0 aromatic carbocycles. The molecular formula is C10H18O3. The molecule has 1 N–H and O–H groups in total. The SMILES string of the molecule is CO[C@@](C)(C(=O)O)C1CCCCC1. The van der Waals surface area contributed by atoms with E-state index in [9.17, 15) is 4.79 Å². The fourth-order valence-electron chi connectivity index (χ4n) is 2.08. The summed E-state index contributed by atoms with van der Waals surface area (Å²) in [6.07, 6.45) is 5.47. The molecule has 1 atom stereocenters. The third kappa shape index (κ3) is 2.02. The number of hydrogen-bond donors (Lipinski definition) is 1. The molecule has 3 heteroatoms. The van der Waals surface area contributed by atoms with Gasteiger partial charge in [-0.15, -0.1) is 0 Å². The predicted octanol–water partition coefficient (Wildman–Crippen LogP) is 2.06. The van der Waals surface area contributed by atoms with Gasteiger partial charge in [-0.05, 0) is 25.7 Å². The van der Waals surface area contributed by atoms with E-state index in [1.165, 1.54) is 13.5 Å². The Labute approximate surface area is 79.1 Å². The summed E-state index contributed by atoms with van der Waals surface area (Å²) in [5.41, 5.74) is -0.972. The molecule has 0 radical (unpaired) electrons. The van der Waals surface area contributed by atoms with E-state index in [2.05, 4.69) is 0 Å². The van der Waals surface area contributed by atoms with Crippen LogP contribution in [0.4, 0.5) is 0 Å². The lowest BCUT2D eigenvalue weighted by atomic mass is 9.78. The molecular weight excluding hydrogens is 168 g/mol. The van der Waals surface area contributed by atoms with Crippen molar-refractivity contribution in [3.63, 3.8) is 0 Å². The van der Waals surface area contributed by atoms with Gasteiger partial charge in [0.15, 0.2) is 5.60 Å². The first kappa shape index (κ1) is 10.5. The minimum atomic E-state index is -0.972. The Kier molecular flexibility index (Phi) is 3.31. The van der Waals surface area contributed by atoms with Crippen molar-refractivity contribution in [1.82, 2.24) is 0 Å². The van der Waals surface area contributed by atoms with E-state index in [4.69, 9.17) is 9.84 Å². The van der Waals surface area contributed by atoms with Crippen LogP contribution in [0.1, 0.15) is 39.0 Å². The summed E-state index contributed by atoms with van der Waals surface area (Å²) in [7, 11) is 1.49. The molecule has 0 spiro atoms. The highest BCUT2D eigenvalue weighted by molar-refractivity contribution is 5.77. The number of methoxy groups -OCH3 is 1. The first-order valence-corrected chi connectivity index (χ1v) is 4.90. The van der Waals surface area contributed by atoms with Gasteiger partial charge in [0.1, 0.15) is 0 Å². The van der Waals surface area contributed by atoms with Crippen LogP contribution < -0.4 is 0 Å². The number of carbonyl (C=O) groups is 1. The molecule has 1 aliphatic rings. The maximum atomic E-state index is 11.0. The average Bonchev–Trinajstić information content (AvgIpc) is 2.17. The van der Waals surface area contributed by atoms with Crippen LogP contribution in [0.5, 0.6) is 0 Å².